The number of nitrogens with zero attached hydrogens (tertiary/aromatic N) is 1. The molecule has 0 saturated heterocycles. The molecule has 6 heteroatoms. The Morgan fingerprint density at radius 2 is 2.26 bits per heavy atom. The Balaban J connectivity index is 1.79. The Labute approximate surface area is 130 Å². The highest BCUT2D eigenvalue weighted by molar-refractivity contribution is 9.10. The molecule has 1 aliphatic rings. The van der Waals surface area contributed by atoms with E-state index in [0.717, 1.165) is 26.7 Å². The average Bonchev–Trinajstić information content (AvgIpc) is 2.90. The van der Waals surface area contributed by atoms with Gasteiger partial charge in [-0.25, -0.2) is 0 Å². The van der Waals surface area contributed by atoms with Gasteiger partial charge in [-0.05, 0) is 24.6 Å². The first-order valence-corrected chi connectivity index (χ1v) is 8.76. The monoisotopic (exact) mass is 358 g/mol. The summed E-state index contributed by atoms with van der Waals surface area (Å²) in [5, 5.41) is 3.00. The zero-order chi connectivity index (χ0) is 13.7. The summed E-state index contributed by atoms with van der Waals surface area (Å²) in [4.78, 5) is 16.2. The van der Waals surface area contributed by atoms with E-state index in [0.29, 0.717) is 5.75 Å². The predicted octanol–water partition coefficient (Wildman–Crippen LogP) is 3.46. The summed E-state index contributed by atoms with van der Waals surface area (Å²) in [6, 6.07) is 8.02. The lowest BCUT2D eigenvalue weighted by atomic mass is 10.1. The Hall–Kier alpha value is -0.460. The molecular weight excluding hydrogens is 344 g/mol. The zero-order valence-corrected chi connectivity index (χ0v) is 13.8. The van der Waals surface area contributed by atoms with Crippen LogP contribution in [0.15, 0.2) is 33.7 Å². The van der Waals surface area contributed by atoms with Crippen molar-refractivity contribution in [2.24, 2.45) is 4.99 Å². The van der Waals surface area contributed by atoms with Crippen molar-refractivity contribution in [1.82, 2.24) is 5.32 Å². The van der Waals surface area contributed by atoms with Gasteiger partial charge in [-0.2, -0.15) is 0 Å². The first-order chi connectivity index (χ1) is 9.15. The van der Waals surface area contributed by atoms with Crippen LogP contribution in [-0.4, -0.2) is 28.3 Å². The van der Waals surface area contributed by atoms with Crippen LogP contribution in [0.4, 0.5) is 0 Å². The van der Waals surface area contributed by atoms with Crippen LogP contribution >= 0.6 is 39.5 Å². The van der Waals surface area contributed by atoms with Gasteiger partial charge in [-0.15, -0.1) is 0 Å². The fraction of sp³-hybridized carbons (Fsp3) is 0.385. The van der Waals surface area contributed by atoms with Crippen molar-refractivity contribution in [2.75, 3.05) is 18.1 Å². The number of aliphatic imine (C=N–C) groups is 1. The number of carbonyl (C=O) groups is 1. The maximum atomic E-state index is 11.8. The van der Waals surface area contributed by atoms with Crippen LogP contribution in [0, 0.1) is 0 Å². The van der Waals surface area contributed by atoms with Gasteiger partial charge in [0.15, 0.2) is 0 Å². The lowest BCUT2D eigenvalue weighted by molar-refractivity contribution is -0.119. The van der Waals surface area contributed by atoms with E-state index in [2.05, 4.69) is 26.2 Å². The van der Waals surface area contributed by atoms with Gasteiger partial charge in [0.05, 0.1) is 18.3 Å². The van der Waals surface area contributed by atoms with Crippen molar-refractivity contribution in [3.63, 3.8) is 0 Å². The molecule has 2 rings (SSSR count). The molecule has 1 heterocycles. The Morgan fingerprint density at radius 1 is 1.53 bits per heavy atom. The van der Waals surface area contributed by atoms with Crippen LogP contribution in [0.1, 0.15) is 18.5 Å². The highest BCUT2D eigenvalue weighted by atomic mass is 79.9. The van der Waals surface area contributed by atoms with Crippen LogP contribution in [0.5, 0.6) is 0 Å². The molecule has 1 atom stereocenters. The highest BCUT2D eigenvalue weighted by Gasteiger charge is 2.13. The smallest absolute Gasteiger partial charge is 0.230 e. The molecule has 0 aliphatic carbocycles. The lowest BCUT2D eigenvalue weighted by Crippen LogP contribution is -2.28. The van der Waals surface area contributed by atoms with E-state index in [1.54, 1.807) is 11.8 Å². The standard InChI is InChI=1S/C13H15BrN2OS2/c1-9(10-2-4-11(14)5-3-10)16-12(17)8-19-13-15-6-7-18-13/h2-5,9H,6-8H2,1H3,(H,16,17)/t9-/m1/s1. The van der Waals surface area contributed by atoms with E-state index in [4.69, 9.17) is 0 Å². The third-order valence-corrected chi connectivity index (χ3v) is 5.41. The van der Waals surface area contributed by atoms with E-state index in [9.17, 15) is 4.79 Å². The van der Waals surface area contributed by atoms with Gasteiger partial charge in [0.1, 0.15) is 4.38 Å². The van der Waals surface area contributed by atoms with Crippen molar-refractivity contribution < 1.29 is 4.79 Å². The second-order valence-corrected chi connectivity index (χ2v) is 7.35. The van der Waals surface area contributed by atoms with Gasteiger partial charge in [0.25, 0.3) is 0 Å². The van der Waals surface area contributed by atoms with Crippen LogP contribution in [0.2, 0.25) is 0 Å². The second-order valence-electron chi connectivity index (χ2n) is 4.13. The van der Waals surface area contributed by atoms with E-state index in [-0.39, 0.29) is 11.9 Å². The van der Waals surface area contributed by atoms with Crippen molar-refractivity contribution in [3.8, 4) is 0 Å². The van der Waals surface area contributed by atoms with E-state index in [1.165, 1.54) is 11.8 Å². The minimum atomic E-state index is 0.0272. The van der Waals surface area contributed by atoms with Crippen LogP contribution in [0.25, 0.3) is 0 Å². The number of nitrogens with one attached hydrogen (secondary N) is 1. The van der Waals surface area contributed by atoms with E-state index < -0.39 is 0 Å². The molecule has 1 aromatic rings. The number of rotatable bonds is 4. The van der Waals surface area contributed by atoms with Gasteiger partial charge in [-0.3, -0.25) is 9.79 Å². The molecular formula is C13H15BrN2OS2. The largest absolute Gasteiger partial charge is 0.349 e. The van der Waals surface area contributed by atoms with Crippen molar-refractivity contribution in [2.45, 2.75) is 13.0 Å². The fourth-order valence-corrected chi connectivity index (χ4v) is 3.73. The van der Waals surface area contributed by atoms with Gasteiger partial charge in [-0.1, -0.05) is 51.6 Å². The van der Waals surface area contributed by atoms with Gasteiger partial charge >= 0.3 is 0 Å². The quantitative estimate of drug-likeness (QED) is 0.895. The number of benzene rings is 1. The lowest BCUT2D eigenvalue weighted by Gasteiger charge is -2.14. The maximum Gasteiger partial charge on any atom is 0.230 e. The second kappa shape index (κ2) is 7.36. The zero-order valence-electron chi connectivity index (χ0n) is 10.6. The molecule has 1 aliphatic heterocycles. The van der Waals surface area contributed by atoms with Crippen molar-refractivity contribution in [3.05, 3.63) is 34.3 Å². The maximum absolute atomic E-state index is 11.8. The summed E-state index contributed by atoms with van der Waals surface area (Å²) in [5.41, 5.74) is 1.11. The summed E-state index contributed by atoms with van der Waals surface area (Å²) in [6.45, 7) is 2.87. The van der Waals surface area contributed by atoms with Crippen LogP contribution in [0.3, 0.4) is 0 Å². The molecule has 0 saturated carbocycles. The number of thioether (sulfide) groups is 2. The molecule has 0 spiro atoms. The molecule has 0 unspecified atom stereocenters. The number of halogens is 1. The first-order valence-electron chi connectivity index (χ1n) is 6.00. The average molecular weight is 359 g/mol. The molecule has 102 valence electrons. The van der Waals surface area contributed by atoms with Crippen molar-refractivity contribution in [1.29, 1.82) is 0 Å². The SMILES string of the molecule is C[C@@H](NC(=O)CSC1=NCCS1)c1ccc(Br)cc1. The molecule has 1 N–H and O–H groups in total. The molecule has 0 fully saturated rings. The summed E-state index contributed by atoms with van der Waals surface area (Å²) >= 11 is 6.66. The molecule has 0 radical (unpaired) electrons. The molecule has 19 heavy (non-hydrogen) atoms. The topological polar surface area (TPSA) is 41.5 Å². The minimum absolute atomic E-state index is 0.0272. The molecule has 1 amide bonds. The van der Waals surface area contributed by atoms with Gasteiger partial charge < -0.3 is 5.32 Å². The number of hydrogen-bond donors (Lipinski definition) is 1. The first kappa shape index (κ1) is 14.9. The summed E-state index contributed by atoms with van der Waals surface area (Å²) < 4.78 is 2.08. The highest BCUT2D eigenvalue weighted by Crippen LogP contribution is 2.22. The Kier molecular flexibility index (Phi) is 5.78. The molecule has 0 bridgehead atoms. The summed E-state index contributed by atoms with van der Waals surface area (Å²) in [7, 11) is 0. The van der Waals surface area contributed by atoms with E-state index >= 15 is 0 Å². The van der Waals surface area contributed by atoms with Gasteiger partial charge in [0.2, 0.25) is 5.91 Å². The van der Waals surface area contributed by atoms with Crippen molar-refractivity contribution >= 4 is 49.7 Å². The van der Waals surface area contributed by atoms with Crippen LogP contribution < -0.4 is 5.32 Å². The van der Waals surface area contributed by atoms with Gasteiger partial charge in [0, 0.05) is 10.2 Å². The Morgan fingerprint density at radius 3 is 2.89 bits per heavy atom. The summed E-state index contributed by atoms with van der Waals surface area (Å²) in [5.74, 6) is 1.53. The van der Waals surface area contributed by atoms with Crippen LogP contribution in [-0.2, 0) is 4.79 Å². The summed E-state index contributed by atoms with van der Waals surface area (Å²) in [6.07, 6.45) is 0. The molecule has 1 aromatic carbocycles. The predicted molar refractivity (Wildman–Crippen MR) is 87.9 cm³/mol. The number of hydrogen-bond acceptors (Lipinski definition) is 4. The normalized spacial score (nSPS) is 16.0. The molecule has 0 aromatic heterocycles. The fourth-order valence-electron chi connectivity index (χ4n) is 1.65. The third kappa shape index (κ3) is 4.85. The van der Waals surface area contributed by atoms with E-state index in [1.807, 2.05) is 31.2 Å². The Bertz CT molecular complexity index is 476. The minimum Gasteiger partial charge on any atom is -0.349 e. The number of carbonyl (C=O) groups excluding carboxylic acids is 1. The third-order valence-electron chi connectivity index (χ3n) is 2.63. The number of amides is 1. The molecule has 3 nitrogen and oxygen atoms in total.